The van der Waals surface area contributed by atoms with Crippen molar-refractivity contribution in [2.45, 2.75) is 0 Å². The fraction of sp³-hybridized carbons (Fsp3) is 0. The maximum Gasteiger partial charge on any atom is 0.257 e. The van der Waals surface area contributed by atoms with Gasteiger partial charge in [-0.3, -0.25) is 4.79 Å². The lowest BCUT2D eigenvalue weighted by atomic mass is 10.2. The molecule has 0 aliphatic rings. The summed E-state index contributed by atoms with van der Waals surface area (Å²) in [6, 6.07) is 7.66. The first-order valence-electron chi connectivity index (χ1n) is 5.31. The first-order valence-corrected chi connectivity index (χ1v) is 5.69. The minimum atomic E-state index is -0.564. The molecule has 0 fully saturated rings. The quantitative estimate of drug-likeness (QED) is 0.740. The molecule has 98 valence electrons. The Kier molecular flexibility index (Phi) is 3.57. The lowest BCUT2D eigenvalue weighted by molar-refractivity contribution is 0.102. The molecule has 2 aromatic carbocycles. The topological polar surface area (TPSA) is 75.3 Å². The van der Waals surface area contributed by atoms with E-state index in [1.165, 1.54) is 24.3 Å². The fourth-order valence-electron chi connectivity index (χ4n) is 1.57. The van der Waals surface area contributed by atoms with Crippen LogP contribution in [0.1, 0.15) is 10.4 Å². The number of nitrogens with one attached hydrogen (secondary N) is 1. The zero-order valence-electron chi connectivity index (χ0n) is 9.65. The highest BCUT2D eigenvalue weighted by Gasteiger charge is 2.12. The molecule has 2 aromatic rings. The van der Waals surface area contributed by atoms with Gasteiger partial charge in [-0.05, 0) is 36.4 Å². The highest BCUT2D eigenvalue weighted by atomic mass is 35.5. The second-order valence-electron chi connectivity index (χ2n) is 3.89. The molecule has 0 radical (unpaired) electrons. The molecular weight excluding hydrogens is 271 g/mol. The van der Waals surface area contributed by atoms with E-state index in [-0.39, 0.29) is 27.7 Å². The molecule has 19 heavy (non-hydrogen) atoms. The monoisotopic (exact) mass is 280 g/mol. The second kappa shape index (κ2) is 5.16. The van der Waals surface area contributed by atoms with Crippen LogP contribution < -0.4 is 11.1 Å². The van der Waals surface area contributed by atoms with E-state index in [9.17, 15) is 14.3 Å². The minimum absolute atomic E-state index is 0.0875. The largest absolute Gasteiger partial charge is 0.508 e. The molecule has 0 heterocycles. The molecule has 0 spiro atoms. The van der Waals surface area contributed by atoms with Gasteiger partial charge in [-0.25, -0.2) is 4.39 Å². The van der Waals surface area contributed by atoms with Gasteiger partial charge in [0.25, 0.3) is 5.91 Å². The lowest BCUT2D eigenvalue weighted by Crippen LogP contribution is -2.12. The summed E-state index contributed by atoms with van der Waals surface area (Å²) in [5, 5.41) is 12.0. The van der Waals surface area contributed by atoms with Crippen LogP contribution in [0.3, 0.4) is 0 Å². The molecule has 0 saturated carbocycles. The highest BCUT2D eigenvalue weighted by Crippen LogP contribution is 2.23. The van der Waals surface area contributed by atoms with Gasteiger partial charge in [0, 0.05) is 11.4 Å². The Morgan fingerprint density at radius 1 is 1.26 bits per heavy atom. The van der Waals surface area contributed by atoms with Gasteiger partial charge in [-0.1, -0.05) is 11.6 Å². The van der Waals surface area contributed by atoms with Crippen LogP contribution in [0.2, 0.25) is 5.02 Å². The van der Waals surface area contributed by atoms with Crippen molar-refractivity contribution in [3.8, 4) is 5.75 Å². The van der Waals surface area contributed by atoms with Crippen LogP contribution in [0, 0.1) is 5.82 Å². The maximum atomic E-state index is 13.1. The number of benzene rings is 2. The Labute approximate surface area is 113 Å². The first kappa shape index (κ1) is 13.2. The number of nitrogen functional groups attached to an aromatic ring is 1. The average molecular weight is 281 g/mol. The summed E-state index contributed by atoms with van der Waals surface area (Å²) in [5.74, 6) is -1.21. The molecule has 6 heteroatoms. The normalized spacial score (nSPS) is 10.2. The Bertz CT molecular complexity index is 626. The smallest absolute Gasteiger partial charge is 0.257 e. The number of phenolic OH excluding ortho intramolecular Hbond substituents is 1. The van der Waals surface area contributed by atoms with Gasteiger partial charge in [-0.15, -0.1) is 0 Å². The number of hydrogen-bond acceptors (Lipinski definition) is 3. The molecule has 2 rings (SSSR count). The van der Waals surface area contributed by atoms with Gasteiger partial charge < -0.3 is 16.2 Å². The van der Waals surface area contributed by atoms with Crippen molar-refractivity contribution in [2.75, 3.05) is 11.1 Å². The summed E-state index contributed by atoms with van der Waals surface area (Å²) < 4.78 is 13.1. The van der Waals surface area contributed by atoms with Gasteiger partial charge in [0.2, 0.25) is 0 Å². The van der Waals surface area contributed by atoms with Crippen LogP contribution in [0.5, 0.6) is 5.75 Å². The predicted octanol–water partition coefficient (Wildman–Crippen LogP) is 3.02. The number of phenols is 1. The molecule has 0 unspecified atom stereocenters. The molecule has 0 aliphatic heterocycles. The Morgan fingerprint density at radius 2 is 2.00 bits per heavy atom. The molecule has 0 atom stereocenters. The van der Waals surface area contributed by atoms with Crippen LogP contribution in [-0.2, 0) is 0 Å². The van der Waals surface area contributed by atoms with Crippen LogP contribution >= 0.6 is 11.6 Å². The van der Waals surface area contributed by atoms with Crippen molar-refractivity contribution in [2.24, 2.45) is 0 Å². The number of carbonyl (C=O) groups is 1. The number of aromatic hydroxyl groups is 1. The minimum Gasteiger partial charge on any atom is -0.508 e. The van der Waals surface area contributed by atoms with Crippen LogP contribution in [-0.4, -0.2) is 11.0 Å². The molecular formula is C13H10ClFN2O2. The van der Waals surface area contributed by atoms with E-state index >= 15 is 0 Å². The summed E-state index contributed by atoms with van der Waals surface area (Å²) in [4.78, 5) is 11.9. The standard InChI is InChI=1S/C13H10ClFN2O2/c14-12-2-1-10(18)6-11(12)13(19)17-9-4-7(15)3-8(16)5-9/h1-6,18H,16H2,(H,17,19). The second-order valence-corrected chi connectivity index (χ2v) is 4.30. The highest BCUT2D eigenvalue weighted by molar-refractivity contribution is 6.34. The number of hydrogen-bond donors (Lipinski definition) is 3. The summed E-state index contributed by atoms with van der Waals surface area (Å²) in [5.41, 5.74) is 5.96. The van der Waals surface area contributed by atoms with E-state index in [2.05, 4.69) is 5.32 Å². The predicted molar refractivity (Wildman–Crippen MR) is 71.9 cm³/mol. The van der Waals surface area contributed by atoms with Crippen molar-refractivity contribution < 1.29 is 14.3 Å². The van der Waals surface area contributed by atoms with Crippen LogP contribution in [0.15, 0.2) is 36.4 Å². The van der Waals surface area contributed by atoms with E-state index in [1.807, 2.05) is 0 Å². The van der Waals surface area contributed by atoms with E-state index in [4.69, 9.17) is 17.3 Å². The molecule has 0 aromatic heterocycles. The summed E-state index contributed by atoms with van der Waals surface area (Å²) in [6.45, 7) is 0. The van der Waals surface area contributed by atoms with Crippen molar-refractivity contribution in [3.05, 3.63) is 52.8 Å². The molecule has 4 N–H and O–H groups in total. The van der Waals surface area contributed by atoms with Crippen LogP contribution in [0.4, 0.5) is 15.8 Å². The maximum absolute atomic E-state index is 13.1. The summed E-state index contributed by atoms with van der Waals surface area (Å²) in [6.07, 6.45) is 0. The van der Waals surface area contributed by atoms with Crippen molar-refractivity contribution in [1.82, 2.24) is 0 Å². The summed E-state index contributed by atoms with van der Waals surface area (Å²) >= 11 is 5.85. The van der Waals surface area contributed by atoms with Crippen molar-refractivity contribution in [1.29, 1.82) is 0 Å². The number of rotatable bonds is 2. The zero-order valence-corrected chi connectivity index (χ0v) is 10.4. The number of anilines is 2. The molecule has 0 aliphatic carbocycles. The van der Waals surface area contributed by atoms with E-state index in [0.717, 1.165) is 12.1 Å². The van der Waals surface area contributed by atoms with Gasteiger partial charge >= 0.3 is 0 Å². The number of carbonyl (C=O) groups excluding carboxylic acids is 1. The molecule has 1 amide bonds. The van der Waals surface area contributed by atoms with Gasteiger partial charge in [0.1, 0.15) is 11.6 Å². The third-order valence-corrected chi connectivity index (χ3v) is 2.70. The van der Waals surface area contributed by atoms with E-state index in [0.29, 0.717) is 0 Å². The van der Waals surface area contributed by atoms with E-state index in [1.54, 1.807) is 0 Å². The third-order valence-electron chi connectivity index (χ3n) is 2.37. The molecule has 4 nitrogen and oxygen atoms in total. The van der Waals surface area contributed by atoms with E-state index < -0.39 is 11.7 Å². The first-order chi connectivity index (χ1) is 8.95. The number of amides is 1. The third kappa shape index (κ3) is 3.14. The fourth-order valence-corrected chi connectivity index (χ4v) is 1.77. The van der Waals surface area contributed by atoms with Gasteiger partial charge in [-0.2, -0.15) is 0 Å². The average Bonchev–Trinajstić information content (AvgIpc) is 2.30. The van der Waals surface area contributed by atoms with Crippen molar-refractivity contribution >= 4 is 28.9 Å². The number of halogens is 2. The Balaban J connectivity index is 2.28. The Morgan fingerprint density at radius 3 is 2.68 bits per heavy atom. The lowest BCUT2D eigenvalue weighted by Gasteiger charge is -2.08. The number of nitrogens with two attached hydrogens (primary N) is 1. The van der Waals surface area contributed by atoms with Gasteiger partial charge in [0.15, 0.2) is 0 Å². The molecule has 0 saturated heterocycles. The summed E-state index contributed by atoms with van der Waals surface area (Å²) in [7, 11) is 0. The molecule has 0 bridgehead atoms. The Hall–Kier alpha value is -2.27. The zero-order chi connectivity index (χ0) is 14.0. The van der Waals surface area contributed by atoms with Crippen molar-refractivity contribution in [3.63, 3.8) is 0 Å². The van der Waals surface area contributed by atoms with Gasteiger partial charge in [0.05, 0.1) is 10.6 Å². The SMILES string of the molecule is Nc1cc(F)cc(NC(=O)c2cc(O)ccc2Cl)c1. The van der Waals surface area contributed by atoms with Crippen LogP contribution in [0.25, 0.3) is 0 Å².